The van der Waals surface area contributed by atoms with Crippen LogP contribution in [0.15, 0.2) is 34.6 Å². The molecule has 0 N–H and O–H groups in total. The van der Waals surface area contributed by atoms with Gasteiger partial charge >= 0.3 is 0 Å². The summed E-state index contributed by atoms with van der Waals surface area (Å²) in [6.07, 6.45) is 0. The van der Waals surface area contributed by atoms with Crippen molar-refractivity contribution in [2.75, 3.05) is 0 Å². The molecule has 0 amide bonds. The van der Waals surface area contributed by atoms with Gasteiger partial charge in [-0.2, -0.15) is 0 Å². The van der Waals surface area contributed by atoms with Gasteiger partial charge in [-0.25, -0.2) is 0 Å². The van der Waals surface area contributed by atoms with Crippen molar-refractivity contribution >= 4 is 13.8 Å². The van der Waals surface area contributed by atoms with E-state index in [1.165, 1.54) is 0 Å². The molecule has 0 aromatic heterocycles. The van der Waals surface area contributed by atoms with Crippen molar-refractivity contribution in [3.8, 4) is 11.5 Å². The number of nitrogens with zero attached hydrogens (tertiary/aromatic N) is 3. The van der Waals surface area contributed by atoms with E-state index >= 15 is 0 Å². The molecule has 0 aliphatic carbocycles. The average molecular weight is 302 g/mol. The minimum Gasteiger partial charge on any atom is -0.273 e. The number of benzene rings is 1. The van der Waals surface area contributed by atoms with Gasteiger partial charge in [0.15, 0.2) is 0 Å². The maximum Gasteiger partial charge on any atom is 0.129 e. The van der Waals surface area contributed by atoms with Crippen LogP contribution >= 0.6 is 0 Å². The molecule has 3 nitrogen and oxygen atoms in total. The Morgan fingerprint density at radius 3 is 1.90 bits per heavy atom. The van der Waals surface area contributed by atoms with Crippen LogP contribution in [0.4, 0.5) is 5.69 Å². The fourth-order valence-corrected chi connectivity index (χ4v) is 2.30. The summed E-state index contributed by atoms with van der Waals surface area (Å²) in [4.78, 5) is 0. The third kappa shape index (κ3) is 6.59. The second kappa shape index (κ2) is 7.42. The van der Waals surface area contributed by atoms with Crippen molar-refractivity contribution in [3.05, 3.63) is 29.8 Å². The summed E-state index contributed by atoms with van der Waals surface area (Å²) in [5.41, 5.74) is 5.27. The van der Waals surface area contributed by atoms with Crippen molar-refractivity contribution in [2.24, 2.45) is 10.3 Å². The second-order valence-corrected chi connectivity index (χ2v) is 11.6. The molecular formula is C17H27N3Si. The summed E-state index contributed by atoms with van der Waals surface area (Å²) in [6, 6.07) is 8.64. The molecule has 0 atom stereocenters. The van der Waals surface area contributed by atoms with Gasteiger partial charge in [-0.3, -0.25) is 5.01 Å². The summed E-state index contributed by atoms with van der Waals surface area (Å²) in [7, 11) is -1.32. The standard InChI is InChI=1S/C17H27N3Si/c1-14(2)20(15(3)4)19-18-17-10-8-16(9-11-17)12-13-21(5,6)7/h8-11,14-15H,1-7H3/b19-18+. The summed E-state index contributed by atoms with van der Waals surface area (Å²) in [5, 5.41) is 10.6. The van der Waals surface area contributed by atoms with Crippen LogP contribution in [0, 0.1) is 11.5 Å². The van der Waals surface area contributed by atoms with Crippen LogP contribution in [0.5, 0.6) is 0 Å². The largest absolute Gasteiger partial charge is 0.273 e. The molecule has 0 radical (unpaired) electrons. The predicted molar refractivity (Wildman–Crippen MR) is 93.3 cm³/mol. The zero-order valence-electron chi connectivity index (χ0n) is 14.3. The van der Waals surface area contributed by atoms with Crippen LogP contribution in [-0.4, -0.2) is 25.2 Å². The SMILES string of the molecule is CC(C)N(/N=N/c1ccc(C#C[Si](C)(C)C)cc1)C(C)C. The van der Waals surface area contributed by atoms with E-state index in [1.54, 1.807) is 0 Å². The Labute approximate surface area is 130 Å². The smallest absolute Gasteiger partial charge is 0.129 e. The topological polar surface area (TPSA) is 28.0 Å². The molecular weight excluding hydrogens is 274 g/mol. The van der Waals surface area contributed by atoms with Crippen molar-refractivity contribution < 1.29 is 0 Å². The molecule has 0 aliphatic heterocycles. The fourth-order valence-electron chi connectivity index (χ4n) is 1.78. The monoisotopic (exact) mass is 301 g/mol. The van der Waals surface area contributed by atoms with Crippen LogP contribution < -0.4 is 0 Å². The van der Waals surface area contributed by atoms with Gasteiger partial charge in [-0.1, -0.05) is 30.8 Å². The maximum absolute atomic E-state index is 4.34. The lowest BCUT2D eigenvalue weighted by Crippen LogP contribution is -2.31. The van der Waals surface area contributed by atoms with Crippen LogP contribution in [0.2, 0.25) is 19.6 Å². The highest BCUT2D eigenvalue weighted by Crippen LogP contribution is 2.15. The van der Waals surface area contributed by atoms with Gasteiger partial charge < -0.3 is 0 Å². The number of rotatable bonds is 4. The lowest BCUT2D eigenvalue weighted by molar-refractivity contribution is 0.169. The molecule has 0 spiro atoms. The molecule has 1 aromatic rings. The van der Waals surface area contributed by atoms with Gasteiger partial charge in [0, 0.05) is 17.6 Å². The lowest BCUT2D eigenvalue weighted by atomic mass is 10.2. The highest BCUT2D eigenvalue weighted by Gasteiger charge is 2.10. The van der Waals surface area contributed by atoms with Crippen LogP contribution in [-0.2, 0) is 0 Å². The summed E-state index contributed by atoms with van der Waals surface area (Å²) in [6.45, 7) is 15.2. The Morgan fingerprint density at radius 2 is 1.48 bits per heavy atom. The van der Waals surface area contributed by atoms with Gasteiger partial charge in [-0.15, -0.1) is 10.7 Å². The van der Waals surface area contributed by atoms with Crippen LogP contribution in [0.25, 0.3) is 0 Å². The summed E-state index contributed by atoms with van der Waals surface area (Å²) in [5.74, 6) is 3.24. The van der Waals surface area contributed by atoms with Crippen molar-refractivity contribution in [3.63, 3.8) is 0 Å². The molecule has 1 aromatic carbocycles. The molecule has 0 heterocycles. The second-order valence-electron chi connectivity index (χ2n) is 6.80. The van der Waals surface area contributed by atoms with Crippen LogP contribution in [0.3, 0.4) is 0 Å². The van der Waals surface area contributed by atoms with E-state index in [1.807, 2.05) is 29.3 Å². The average Bonchev–Trinajstić information content (AvgIpc) is 2.36. The Hall–Kier alpha value is -1.60. The first-order valence-corrected chi connectivity index (χ1v) is 11.0. The van der Waals surface area contributed by atoms with E-state index in [0.29, 0.717) is 12.1 Å². The van der Waals surface area contributed by atoms with Gasteiger partial charge in [0.2, 0.25) is 0 Å². The molecule has 0 unspecified atom stereocenters. The summed E-state index contributed by atoms with van der Waals surface area (Å²) < 4.78 is 0. The third-order valence-corrected chi connectivity index (χ3v) is 3.65. The number of hydrogen-bond acceptors (Lipinski definition) is 2. The molecule has 0 aliphatic rings. The first kappa shape index (κ1) is 17.4. The molecule has 0 saturated carbocycles. The van der Waals surface area contributed by atoms with Gasteiger partial charge in [0.25, 0.3) is 0 Å². The van der Waals surface area contributed by atoms with E-state index in [9.17, 15) is 0 Å². The first-order chi connectivity index (χ1) is 9.69. The lowest BCUT2D eigenvalue weighted by Gasteiger charge is -2.25. The van der Waals surface area contributed by atoms with Crippen molar-refractivity contribution in [1.82, 2.24) is 5.01 Å². The van der Waals surface area contributed by atoms with Gasteiger partial charge in [-0.05, 0) is 52.0 Å². The van der Waals surface area contributed by atoms with E-state index in [4.69, 9.17) is 0 Å². The maximum atomic E-state index is 4.34. The highest BCUT2D eigenvalue weighted by atomic mass is 28.3. The van der Waals surface area contributed by atoms with E-state index in [2.05, 4.69) is 69.1 Å². The number of hydrogen-bond donors (Lipinski definition) is 0. The normalized spacial score (nSPS) is 11.9. The molecule has 0 bridgehead atoms. The minimum atomic E-state index is -1.32. The Balaban J connectivity index is 2.81. The molecule has 4 heteroatoms. The highest BCUT2D eigenvalue weighted by molar-refractivity contribution is 6.83. The quantitative estimate of drug-likeness (QED) is 0.331. The first-order valence-electron chi connectivity index (χ1n) is 7.52. The molecule has 114 valence electrons. The molecule has 0 fully saturated rings. The zero-order chi connectivity index (χ0) is 16.0. The minimum absolute atomic E-state index is 0.343. The van der Waals surface area contributed by atoms with E-state index in [0.717, 1.165) is 11.3 Å². The van der Waals surface area contributed by atoms with Gasteiger partial charge in [0.05, 0.1) is 5.69 Å². The van der Waals surface area contributed by atoms with Gasteiger partial charge in [0.1, 0.15) is 8.07 Å². The fraction of sp³-hybridized carbons (Fsp3) is 0.529. The third-order valence-electron chi connectivity index (χ3n) is 2.77. The molecule has 0 saturated heterocycles. The van der Waals surface area contributed by atoms with E-state index < -0.39 is 8.07 Å². The van der Waals surface area contributed by atoms with Crippen molar-refractivity contribution in [1.29, 1.82) is 0 Å². The Bertz CT molecular complexity index is 520. The Kier molecular flexibility index (Phi) is 6.16. The molecule has 1 rings (SSSR count). The van der Waals surface area contributed by atoms with E-state index in [-0.39, 0.29) is 0 Å². The van der Waals surface area contributed by atoms with Crippen LogP contribution in [0.1, 0.15) is 33.3 Å². The Morgan fingerprint density at radius 1 is 0.952 bits per heavy atom. The van der Waals surface area contributed by atoms with Crippen molar-refractivity contribution in [2.45, 2.75) is 59.4 Å². The zero-order valence-corrected chi connectivity index (χ0v) is 15.3. The molecule has 21 heavy (non-hydrogen) atoms. The summed E-state index contributed by atoms with van der Waals surface area (Å²) >= 11 is 0. The predicted octanol–water partition coefficient (Wildman–Crippen LogP) is 5.03.